The van der Waals surface area contributed by atoms with Crippen LogP contribution in [-0.4, -0.2) is 52.6 Å². The molecule has 0 aliphatic carbocycles. The molecule has 0 aromatic heterocycles. The number of rotatable bonds is 10. The third-order valence-corrected chi connectivity index (χ3v) is 5.35. The Hall–Kier alpha value is -2.77. The zero-order valence-corrected chi connectivity index (χ0v) is 22.2. The molecule has 1 aromatic carbocycles. The Morgan fingerprint density at radius 2 is 1.74 bits per heavy atom. The van der Waals surface area contributed by atoms with E-state index in [-0.39, 0.29) is 17.7 Å². The Kier molecular flexibility index (Phi) is 10.9. The molecule has 1 aromatic rings. The van der Waals surface area contributed by atoms with E-state index < -0.39 is 35.6 Å². The van der Waals surface area contributed by atoms with Crippen LogP contribution in [0.25, 0.3) is 0 Å². The van der Waals surface area contributed by atoms with Crippen molar-refractivity contribution in [2.75, 3.05) is 7.05 Å². The van der Waals surface area contributed by atoms with Gasteiger partial charge in [0, 0.05) is 18.7 Å². The third kappa shape index (κ3) is 8.88. The summed E-state index contributed by atoms with van der Waals surface area (Å²) >= 11 is 0. The van der Waals surface area contributed by atoms with Gasteiger partial charge in [-0.15, -0.1) is 0 Å². The predicted octanol–water partition coefficient (Wildman–Crippen LogP) is 4.44. The molecule has 3 amide bonds. The van der Waals surface area contributed by atoms with Gasteiger partial charge in [-0.05, 0) is 58.9 Å². The number of carbonyl (C=O) groups excluding carboxylic acids is 3. The van der Waals surface area contributed by atoms with Crippen LogP contribution in [0.2, 0.25) is 0 Å². The summed E-state index contributed by atoms with van der Waals surface area (Å²) in [5, 5.41) is 16.4. The fourth-order valence-corrected chi connectivity index (χ4v) is 3.77. The van der Waals surface area contributed by atoms with Gasteiger partial charge in [-0.2, -0.15) is 0 Å². The highest BCUT2D eigenvalue weighted by atomic mass is 16.6. The Bertz CT molecular complexity index is 847. The predicted molar refractivity (Wildman–Crippen MR) is 133 cm³/mol. The van der Waals surface area contributed by atoms with Crippen molar-refractivity contribution in [1.82, 2.24) is 15.5 Å². The highest BCUT2D eigenvalue weighted by Crippen LogP contribution is 2.32. The molecule has 0 saturated carbocycles. The molecule has 0 heterocycles. The minimum atomic E-state index is -1.07. The molecule has 0 fully saturated rings. The van der Waals surface area contributed by atoms with E-state index in [4.69, 9.17) is 4.74 Å². The van der Waals surface area contributed by atoms with Crippen LogP contribution in [0.15, 0.2) is 18.2 Å². The zero-order valence-electron chi connectivity index (χ0n) is 22.2. The number of para-hydroxylation sites is 1. The number of carbonyl (C=O) groups is 3. The number of phenols is 1. The van der Waals surface area contributed by atoms with Crippen LogP contribution in [0.5, 0.6) is 5.75 Å². The summed E-state index contributed by atoms with van der Waals surface area (Å²) in [6, 6.07) is 3.06. The Morgan fingerprint density at radius 3 is 2.26 bits per heavy atom. The first-order valence-electron chi connectivity index (χ1n) is 12.0. The standard InChI is InChI=1S/C26H43N3O5/c1-10-12-18(5)27-23(31)21(19-14-11-13-17(4)22(19)30)29(9)24(32)20(15-16(2)3)28-25(33)34-26(6,7)8/h11,13-14,16,18,20-21,30H,10,12,15H2,1-9H3,(H,27,31)(H,28,33). The number of nitrogens with one attached hydrogen (secondary N) is 2. The van der Waals surface area contributed by atoms with E-state index in [2.05, 4.69) is 10.6 Å². The van der Waals surface area contributed by atoms with Gasteiger partial charge >= 0.3 is 6.09 Å². The quantitative estimate of drug-likeness (QED) is 0.462. The summed E-state index contributed by atoms with van der Waals surface area (Å²) in [6.45, 7) is 14.8. The van der Waals surface area contributed by atoms with Gasteiger partial charge in [-0.1, -0.05) is 45.4 Å². The topological polar surface area (TPSA) is 108 Å². The molecule has 8 nitrogen and oxygen atoms in total. The van der Waals surface area contributed by atoms with E-state index >= 15 is 0 Å². The molecule has 3 atom stereocenters. The van der Waals surface area contributed by atoms with Crippen molar-refractivity contribution in [2.24, 2.45) is 5.92 Å². The van der Waals surface area contributed by atoms with Crippen LogP contribution >= 0.6 is 0 Å². The van der Waals surface area contributed by atoms with Crippen molar-refractivity contribution in [3.63, 3.8) is 0 Å². The third-order valence-electron chi connectivity index (χ3n) is 5.35. The number of hydrogen-bond donors (Lipinski definition) is 3. The second kappa shape index (κ2) is 12.6. The van der Waals surface area contributed by atoms with Crippen LogP contribution in [0.1, 0.15) is 84.9 Å². The van der Waals surface area contributed by atoms with Gasteiger partial charge in [0.05, 0.1) is 0 Å². The second-order valence-electron chi connectivity index (χ2n) is 10.4. The average Bonchev–Trinajstić information content (AvgIpc) is 2.68. The molecule has 3 N–H and O–H groups in total. The number of benzene rings is 1. The van der Waals surface area contributed by atoms with E-state index in [1.54, 1.807) is 45.9 Å². The van der Waals surface area contributed by atoms with Crippen LogP contribution in [0.3, 0.4) is 0 Å². The van der Waals surface area contributed by atoms with Gasteiger partial charge in [0.2, 0.25) is 11.8 Å². The maximum Gasteiger partial charge on any atom is 0.408 e. The highest BCUT2D eigenvalue weighted by molar-refractivity contribution is 5.92. The summed E-state index contributed by atoms with van der Waals surface area (Å²) in [5.41, 5.74) is 0.216. The number of aromatic hydroxyl groups is 1. The first-order valence-corrected chi connectivity index (χ1v) is 12.0. The van der Waals surface area contributed by atoms with Crippen molar-refractivity contribution in [2.45, 2.75) is 98.4 Å². The van der Waals surface area contributed by atoms with Gasteiger partial charge in [-0.3, -0.25) is 9.59 Å². The molecule has 0 aliphatic rings. The molecule has 0 spiro atoms. The van der Waals surface area contributed by atoms with Gasteiger partial charge < -0.3 is 25.4 Å². The number of ether oxygens (including phenoxy) is 1. The van der Waals surface area contributed by atoms with Crippen LogP contribution in [0, 0.1) is 12.8 Å². The molecule has 3 unspecified atom stereocenters. The largest absolute Gasteiger partial charge is 0.507 e. The first kappa shape index (κ1) is 29.3. The zero-order chi connectivity index (χ0) is 26.2. The van der Waals surface area contributed by atoms with E-state index in [0.29, 0.717) is 17.5 Å². The molecule has 0 bridgehead atoms. The van der Waals surface area contributed by atoms with E-state index in [1.807, 2.05) is 27.7 Å². The van der Waals surface area contributed by atoms with Crippen molar-refractivity contribution in [3.8, 4) is 5.75 Å². The van der Waals surface area contributed by atoms with E-state index in [0.717, 1.165) is 12.8 Å². The number of alkyl carbamates (subject to hydrolysis) is 1. The number of nitrogens with zero attached hydrogens (tertiary/aromatic N) is 1. The maximum atomic E-state index is 13.6. The molecule has 34 heavy (non-hydrogen) atoms. The molecular weight excluding hydrogens is 434 g/mol. The molecule has 192 valence electrons. The fraction of sp³-hybridized carbons (Fsp3) is 0.654. The number of amides is 3. The van der Waals surface area contributed by atoms with Crippen molar-refractivity contribution >= 4 is 17.9 Å². The van der Waals surface area contributed by atoms with Gasteiger partial charge in [0.1, 0.15) is 23.4 Å². The number of phenolic OH excluding ortho intramolecular Hbond substituents is 1. The minimum Gasteiger partial charge on any atom is -0.507 e. The summed E-state index contributed by atoms with van der Waals surface area (Å²) in [4.78, 5) is 40.7. The summed E-state index contributed by atoms with van der Waals surface area (Å²) in [7, 11) is 1.52. The molecule has 0 radical (unpaired) electrons. The maximum absolute atomic E-state index is 13.6. The van der Waals surface area contributed by atoms with Crippen molar-refractivity contribution in [1.29, 1.82) is 0 Å². The summed E-state index contributed by atoms with van der Waals surface area (Å²) < 4.78 is 5.35. The van der Waals surface area contributed by atoms with Crippen molar-refractivity contribution in [3.05, 3.63) is 29.3 Å². The van der Waals surface area contributed by atoms with E-state index in [9.17, 15) is 19.5 Å². The first-order chi connectivity index (χ1) is 15.7. The highest BCUT2D eigenvalue weighted by Gasteiger charge is 2.36. The Balaban J connectivity index is 3.34. The molecule has 8 heteroatoms. The van der Waals surface area contributed by atoms with Crippen molar-refractivity contribution < 1.29 is 24.2 Å². The summed E-state index contributed by atoms with van der Waals surface area (Å²) in [5.74, 6) is -0.769. The molecule has 1 rings (SSSR count). The van der Waals surface area contributed by atoms with E-state index in [1.165, 1.54) is 11.9 Å². The normalized spacial score (nSPS) is 14.2. The Morgan fingerprint density at radius 1 is 1.12 bits per heavy atom. The Labute approximate surface area is 204 Å². The number of likely N-dealkylation sites (N-methyl/N-ethyl adjacent to an activating group) is 1. The fourth-order valence-electron chi connectivity index (χ4n) is 3.77. The molecular formula is C26H43N3O5. The van der Waals surface area contributed by atoms with Crippen LogP contribution in [0.4, 0.5) is 4.79 Å². The smallest absolute Gasteiger partial charge is 0.408 e. The molecule has 0 aliphatic heterocycles. The lowest BCUT2D eigenvalue weighted by Gasteiger charge is -2.33. The number of aryl methyl sites for hydroxylation is 1. The number of hydrogen-bond acceptors (Lipinski definition) is 5. The SMILES string of the molecule is CCCC(C)NC(=O)C(c1cccc(C)c1O)N(C)C(=O)C(CC(C)C)NC(=O)OC(C)(C)C. The lowest BCUT2D eigenvalue weighted by Crippen LogP contribution is -2.52. The monoisotopic (exact) mass is 477 g/mol. The summed E-state index contributed by atoms with van der Waals surface area (Å²) in [6.07, 6.45) is 1.35. The lowest BCUT2D eigenvalue weighted by molar-refractivity contribution is -0.141. The molecule has 0 saturated heterocycles. The van der Waals surface area contributed by atoms with Gasteiger partial charge in [0.25, 0.3) is 0 Å². The lowest BCUT2D eigenvalue weighted by atomic mass is 9.97. The second-order valence-corrected chi connectivity index (χ2v) is 10.4. The van der Waals surface area contributed by atoms with Crippen LogP contribution < -0.4 is 10.6 Å². The van der Waals surface area contributed by atoms with Gasteiger partial charge in [-0.25, -0.2) is 4.79 Å². The van der Waals surface area contributed by atoms with Crippen LogP contribution in [-0.2, 0) is 14.3 Å². The van der Waals surface area contributed by atoms with Gasteiger partial charge in [0.15, 0.2) is 0 Å². The average molecular weight is 478 g/mol. The minimum absolute atomic E-state index is 0.0362.